The number of benzene rings is 1. The minimum Gasteiger partial charge on any atom is -0.465 e. The van der Waals surface area contributed by atoms with E-state index in [1.807, 2.05) is 0 Å². The number of hydrogen-bond acceptors (Lipinski definition) is 3. The summed E-state index contributed by atoms with van der Waals surface area (Å²) in [6, 6.07) is 3.68. The van der Waals surface area contributed by atoms with Gasteiger partial charge in [-0.1, -0.05) is 6.07 Å². The summed E-state index contributed by atoms with van der Waals surface area (Å²) < 4.78 is 38.0. The number of amides is 3. The molecule has 2 rings (SSSR count). The maximum absolute atomic E-state index is 12.7. The third-order valence-electron chi connectivity index (χ3n) is 4.28. The SMILES string of the molecule is Cl.O=C(O)N[C@H]1CC[C@@H](NC(=O)CNC(=O)c2cccc(C(F)(F)F)c2)CC1. The first kappa shape index (κ1) is 23.5. The van der Waals surface area contributed by atoms with Gasteiger partial charge in [-0.25, -0.2) is 4.79 Å². The van der Waals surface area contributed by atoms with Gasteiger partial charge in [-0.05, 0) is 43.9 Å². The molecule has 1 aliphatic rings. The summed E-state index contributed by atoms with van der Waals surface area (Å²) in [4.78, 5) is 34.4. The molecule has 3 amide bonds. The van der Waals surface area contributed by atoms with Crippen molar-refractivity contribution in [1.82, 2.24) is 16.0 Å². The number of hydrogen-bond donors (Lipinski definition) is 4. The van der Waals surface area contributed by atoms with Crippen molar-refractivity contribution in [2.45, 2.75) is 43.9 Å². The summed E-state index contributed by atoms with van der Waals surface area (Å²) in [6.45, 7) is -0.359. The summed E-state index contributed by atoms with van der Waals surface area (Å²) in [7, 11) is 0. The fraction of sp³-hybridized carbons (Fsp3) is 0.471. The molecule has 0 atom stereocenters. The van der Waals surface area contributed by atoms with Crippen LogP contribution in [0.2, 0.25) is 0 Å². The number of carbonyl (C=O) groups excluding carboxylic acids is 2. The topological polar surface area (TPSA) is 108 Å². The lowest BCUT2D eigenvalue weighted by atomic mass is 9.91. The summed E-state index contributed by atoms with van der Waals surface area (Å²) in [6.07, 6.45) is -3.26. The monoisotopic (exact) mass is 423 g/mol. The second-order valence-corrected chi connectivity index (χ2v) is 6.33. The summed E-state index contributed by atoms with van der Waals surface area (Å²) >= 11 is 0. The van der Waals surface area contributed by atoms with E-state index in [4.69, 9.17) is 5.11 Å². The number of nitrogens with one attached hydrogen (secondary N) is 3. The second kappa shape index (κ2) is 10.2. The maximum Gasteiger partial charge on any atom is 0.416 e. The molecular weight excluding hydrogens is 403 g/mol. The van der Waals surface area contributed by atoms with E-state index in [1.165, 1.54) is 6.07 Å². The standard InChI is InChI=1S/C17H20F3N3O4.ClH/c18-17(19,20)11-3-1-2-10(8-11)15(25)21-9-14(24)22-12-4-6-13(7-5-12)23-16(26)27;/h1-3,8,12-13,23H,4-7,9H2,(H,21,25)(H,22,24)(H,26,27);1H/t12-,13+;. The predicted octanol–water partition coefficient (Wildman–Crippen LogP) is 2.55. The van der Waals surface area contributed by atoms with E-state index in [2.05, 4.69) is 16.0 Å². The lowest BCUT2D eigenvalue weighted by molar-refractivity contribution is -0.137. The average Bonchev–Trinajstić information content (AvgIpc) is 2.60. The Hall–Kier alpha value is -2.49. The van der Waals surface area contributed by atoms with Crippen molar-refractivity contribution in [2.24, 2.45) is 0 Å². The van der Waals surface area contributed by atoms with Gasteiger partial charge in [0.1, 0.15) is 0 Å². The molecule has 0 radical (unpaired) electrons. The largest absolute Gasteiger partial charge is 0.465 e. The van der Waals surface area contributed by atoms with Gasteiger partial charge in [0.05, 0.1) is 12.1 Å². The van der Waals surface area contributed by atoms with Gasteiger partial charge in [0, 0.05) is 17.6 Å². The Labute approximate surface area is 165 Å². The Kier molecular flexibility index (Phi) is 8.55. The fourth-order valence-corrected chi connectivity index (χ4v) is 2.93. The molecule has 0 bridgehead atoms. The van der Waals surface area contributed by atoms with E-state index in [-0.39, 0.29) is 36.6 Å². The van der Waals surface area contributed by atoms with Crippen molar-refractivity contribution in [1.29, 1.82) is 0 Å². The Morgan fingerprint density at radius 1 is 1.04 bits per heavy atom. The first-order valence-electron chi connectivity index (χ1n) is 8.39. The van der Waals surface area contributed by atoms with Crippen LogP contribution in [0.3, 0.4) is 0 Å². The van der Waals surface area contributed by atoms with Crippen LogP contribution in [-0.2, 0) is 11.0 Å². The quantitative estimate of drug-likeness (QED) is 0.583. The number of halogens is 4. The van der Waals surface area contributed by atoms with Gasteiger partial charge in [0.15, 0.2) is 0 Å². The van der Waals surface area contributed by atoms with Crippen LogP contribution in [0.1, 0.15) is 41.6 Å². The highest BCUT2D eigenvalue weighted by Gasteiger charge is 2.31. The van der Waals surface area contributed by atoms with Crippen LogP contribution in [0.4, 0.5) is 18.0 Å². The van der Waals surface area contributed by atoms with Crippen LogP contribution in [0, 0.1) is 0 Å². The molecule has 0 saturated heterocycles. The molecule has 0 unspecified atom stereocenters. The average molecular weight is 424 g/mol. The third-order valence-corrected chi connectivity index (χ3v) is 4.28. The van der Waals surface area contributed by atoms with Crippen LogP contribution in [0.15, 0.2) is 24.3 Å². The summed E-state index contributed by atoms with van der Waals surface area (Å²) in [5.74, 6) is -1.23. The van der Waals surface area contributed by atoms with Gasteiger partial charge < -0.3 is 21.1 Å². The maximum atomic E-state index is 12.7. The van der Waals surface area contributed by atoms with Crippen molar-refractivity contribution < 1.29 is 32.7 Å². The van der Waals surface area contributed by atoms with Crippen molar-refractivity contribution >= 4 is 30.3 Å². The molecule has 156 valence electrons. The molecule has 0 aromatic heterocycles. The van der Waals surface area contributed by atoms with Crippen molar-refractivity contribution in [2.75, 3.05) is 6.54 Å². The Bertz CT molecular complexity index is 707. The molecule has 0 aliphatic heterocycles. The van der Waals surface area contributed by atoms with Crippen molar-refractivity contribution in [3.8, 4) is 0 Å². The molecule has 1 aromatic carbocycles. The molecular formula is C17H21ClF3N3O4. The molecule has 7 nitrogen and oxygen atoms in total. The molecule has 4 N–H and O–H groups in total. The fourth-order valence-electron chi connectivity index (χ4n) is 2.93. The second-order valence-electron chi connectivity index (χ2n) is 6.33. The number of alkyl halides is 3. The van der Waals surface area contributed by atoms with Crippen LogP contribution < -0.4 is 16.0 Å². The first-order chi connectivity index (χ1) is 12.6. The lowest BCUT2D eigenvalue weighted by Crippen LogP contribution is -2.46. The number of carboxylic acid groups (broad SMARTS) is 1. The summed E-state index contributed by atoms with van der Waals surface area (Å²) in [5.41, 5.74) is -1.12. The first-order valence-corrected chi connectivity index (χ1v) is 8.39. The molecule has 1 saturated carbocycles. The zero-order valence-corrected chi connectivity index (χ0v) is 15.5. The lowest BCUT2D eigenvalue weighted by Gasteiger charge is -2.28. The van der Waals surface area contributed by atoms with Gasteiger partial charge in [0.2, 0.25) is 5.91 Å². The Morgan fingerprint density at radius 2 is 1.61 bits per heavy atom. The minimum absolute atomic E-state index is 0. The molecule has 0 spiro atoms. The van der Waals surface area contributed by atoms with E-state index in [0.717, 1.165) is 18.2 Å². The van der Waals surface area contributed by atoms with Crippen LogP contribution in [-0.4, -0.2) is 41.6 Å². The number of rotatable bonds is 5. The minimum atomic E-state index is -4.55. The van der Waals surface area contributed by atoms with E-state index in [9.17, 15) is 27.6 Å². The normalized spacial score (nSPS) is 19.1. The van der Waals surface area contributed by atoms with Gasteiger partial charge in [-0.3, -0.25) is 9.59 Å². The van der Waals surface area contributed by atoms with Crippen LogP contribution in [0.25, 0.3) is 0 Å². The van der Waals surface area contributed by atoms with Crippen molar-refractivity contribution in [3.63, 3.8) is 0 Å². The van der Waals surface area contributed by atoms with E-state index < -0.39 is 29.6 Å². The van der Waals surface area contributed by atoms with E-state index in [0.29, 0.717) is 25.7 Å². The summed E-state index contributed by atoms with van der Waals surface area (Å²) in [5, 5.41) is 16.1. The molecule has 1 aliphatic carbocycles. The van der Waals surface area contributed by atoms with E-state index >= 15 is 0 Å². The third kappa shape index (κ3) is 7.26. The van der Waals surface area contributed by atoms with Gasteiger partial charge in [-0.15, -0.1) is 12.4 Å². The van der Waals surface area contributed by atoms with Gasteiger partial charge in [-0.2, -0.15) is 13.2 Å². The Balaban J connectivity index is 0.00000392. The molecule has 28 heavy (non-hydrogen) atoms. The van der Waals surface area contributed by atoms with Crippen LogP contribution >= 0.6 is 12.4 Å². The highest BCUT2D eigenvalue weighted by atomic mass is 35.5. The van der Waals surface area contributed by atoms with Gasteiger partial charge >= 0.3 is 12.3 Å². The molecule has 0 heterocycles. The molecule has 1 aromatic rings. The Morgan fingerprint density at radius 3 is 2.14 bits per heavy atom. The zero-order chi connectivity index (χ0) is 20.0. The predicted molar refractivity (Wildman–Crippen MR) is 96.4 cm³/mol. The van der Waals surface area contributed by atoms with Gasteiger partial charge in [0.25, 0.3) is 5.91 Å². The molecule has 11 heteroatoms. The molecule has 1 fully saturated rings. The van der Waals surface area contributed by atoms with E-state index in [1.54, 1.807) is 0 Å². The van der Waals surface area contributed by atoms with Crippen molar-refractivity contribution in [3.05, 3.63) is 35.4 Å². The highest BCUT2D eigenvalue weighted by Crippen LogP contribution is 2.29. The highest BCUT2D eigenvalue weighted by molar-refractivity contribution is 5.96. The zero-order valence-electron chi connectivity index (χ0n) is 14.7. The van der Waals surface area contributed by atoms with Crippen LogP contribution in [0.5, 0.6) is 0 Å². The smallest absolute Gasteiger partial charge is 0.416 e. The number of carbonyl (C=O) groups is 3.